The fraction of sp³-hybridized carbons (Fsp3) is 1.00. The molecule has 0 amide bonds. The van der Waals surface area contributed by atoms with Crippen molar-refractivity contribution in [2.24, 2.45) is 50.7 Å². The molecule has 0 radical (unpaired) electrons. The molecule has 5 aliphatic carbocycles. The predicted octanol–water partition coefficient (Wildman–Crippen LogP) is 1.20. The lowest BCUT2D eigenvalue weighted by atomic mass is 9.41. The Hall–Kier alpha value is -0.520. The minimum Gasteiger partial charge on any atom is -0.396 e. The minimum atomic E-state index is -1.58. The molecule has 2 spiro atoms. The van der Waals surface area contributed by atoms with Crippen molar-refractivity contribution in [2.75, 3.05) is 19.8 Å². The molecule has 13 nitrogen and oxygen atoms in total. The van der Waals surface area contributed by atoms with E-state index in [1.54, 1.807) is 13.8 Å². The third-order valence-electron chi connectivity index (χ3n) is 16.9. The third-order valence-corrected chi connectivity index (χ3v) is 16.9. The Bertz CT molecular complexity index is 1330. The first kappa shape index (κ1) is 40.7. The molecule has 0 aromatic carbocycles. The van der Waals surface area contributed by atoms with E-state index in [0.717, 1.165) is 44.9 Å². The lowest BCUT2D eigenvalue weighted by Gasteiger charge is -2.64. The lowest BCUT2D eigenvalue weighted by molar-refractivity contribution is -0.355. The van der Waals surface area contributed by atoms with Gasteiger partial charge in [-0.1, -0.05) is 27.7 Å². The summed E-state index contributed by atoms with van der Waals surface area (Å²) in [7, 11) is 0. The second-order valence-electron chi connectivity index (χ2n) is 20.0. The van der Waals surface area contributed by atoms with Crippen molar-refractivity contribution >= 4 is 0 Å². The quantitative estimate of drug-likeness (QED) is 0.143. The topological polar surface area (TPSA) is 219 Å². The molecule has 9 N–H and O–H groups in total. The number of ether oxygens (including phenoxy) is 4. The van der Waals surface area contributed by atoms with Crippen LogP contribution in [0.4, 0.5) is 0 Å². The third kappa shape index (κ3) is 6.04. The van der Waals surface area contributed by atoms with Crippen LogP contribution in [0.2, 0.25) is 0 Å². The Kier molecular flexibility index (Phi) is 10.6. The van der Waals surface area contributed by atoms with Gasteiger partial charge in [0.05, 0.1) is 37.1 Å². The second-order valence-corrected chi connectivity index (χ2v) is 20.0. The maximum Gasteiger partial charge on any atom is 0.186 e. The monoisotopic (exact) mass is 756 g/mol. The Morgan fingerprint density at radius 3 is 2.04 bits per heavy atom. The van der Waals surface area contributed by atoms with Crippen molar-refractivity contribution in [3.63, 3.8) is 0 Å². The van der Waals surface area contributed by atoms with Gasteiger partial charge in [-0.3, -0.25) is 0 Å². The Balaban J connectivity index is 1.08. The summed E-state index contributed by atoms with van der Waals surface area (Å²) in [6.07, 6.45) is -3.98. The summed E-state index contributed by atoms with van der Waals surface area (Å²) in [5, 5.41) is 96.4. The lowest BCUT2D eigenvalue weighted by Crippen LogP contribution is -2.62. The first-order valence-corrected chi connectivity index (χ1v) is 20.3. The number of fused-ring (bicyclic) bond motifs is 2. The van der Waals surface area contributed by atoms with E-state index in [2.05, 4.69) is 27.7 Å². The zero-order valence-electron chi connectivity index (χ0n) is 32.5. The maximum absolute atomic E-state index is 11.8. The highest BCUT2D eigenvalue weighted by Gasteiger charge is 2.83. The zero-order valence-corrected chi connectivity index (χ0v) is 32.5. The average molecular weight is 757 g/mol. The molecule has 53 heavy (non-hydrogen) atoms. The van der Waals surface area contributed by atoms with Gasteiger partial charge in [-0.15, -0.1) is 0 Å². The maximum atomic E-state index is 11.8. The first-order valence-electron chi connectivity index (χ1n) is 20.3. The van der Waals surface area contributed by atoms with Crippen LogP contribution in [-0.4, -0.2) is 139 Å². The van der Waals surface area contributed by atoms with Crippen LogP contribution in [-0.2, 0) is 18.9 Å². The molecule has 2 heterocycles. The van der Waals surface area contributed by atoms with Crippen LogP contribution >= 0.6 is 0 Å². The zero-order chi connectivity index (χ0) is 38.7. The standard InChI is InChI=1S/C40H68O13/c1-20(7-10-26(45)36(4,5)49)28-21(42)15-40(19-41)25-9-8-24-35(2,3)27(11-12-38(24)18-39(25,38)14-13-37(28,40)6)52-34-32(30(47)23(44)17-51-34)53-33-31(48)29(46)22(43)16-50-33/h20-34,41-49H,7-19H2,1-6H3/t20-,21+,22-,23-,24+,25-,26+,27+,28+,29+,30+,31-,32-,33+,34+,37-,38-,39+,40-/m1/s1. The van der Waals surface area contributed by atoms with Crippen molar-refractivity contribution < 1.29 is 64.9 Å². The summed E-state index contributed by atoms with van der Waals surface area (Å²) in [4.78, 5) is 0. The largest absolute Gasteiger partial charge is 0.396 e. The minimum absolute atomic E-state index is 0.0120. The van der Waals surface area contributed by atoms with Crippen LogP contribution in [0.5, 0.6) is 0 Å². The van der Waals surface area contributed by atoms with Crippen LogP contribution < -0.4 is 0 Å². The van der Waals surface area contributed by atoms with E-state index in [-0.39, 0.29) is 65.3 Å². The molecule has 306 valence electrons. The summed E-state index contributed by atoms with van der Waals surface area (Å²) < 4.78 is 24.1. The SMILES string of the molecule is C[C@H](CC[C@H](O)C(C)(C)O)[C@H]1[C@@H](O)C[C@@]2(CO)[C@@H]3CC[C@H]4C(C)(C)[C@@H](O[C@@H]5OC[C@@H](O)[C@H](O)[C@H]5O[C@@H]5OC[C@@H](O)[C@H](O)[C@H]5O)CC[C@@]45C[C@@]35CC[C@]12C. The Labute approximate surface area is 314 Å². The summed E-state index contributed by atoms with van der Waals surface area (Å²) >= 11 is 0. The van der Waals surface area contributed by atoms with Gasteiger partial charge in [0.2, 0.25) is 0 Å². The van der Waals surface area contributed by atoms with Crippen LogP contribution in [0.15, 0.2) is 0 Å². The van der Waals surface area contributed by atoms with Crippen LogP contribution in [0.1, 0.15) is 106 Å². The second kappa shape index (κ2) is 13.8. The molecule has 7 rings (SSSR count). The highest BCUT2D eigenvalue weighted by Crippen LogP contribution is 2.89. The summed E-state index contributed by atoms with van der Waals surface area (Å²) in [6.45, 7) is 11.8. The molecule has 5 saturated carbocycles. The van der Waals surface area contributed by atoms with Crippen molar-refractivity contribution in [2.45, 2.75) is 179 Å². The van der Waals surface area contributed by atoms with Gasteiger partial charge in [0.25, 0.3) is 0 Å². The molecule has 2 saturated heterocycles. The van der Waals surface area contributed by atoms with E-state index in [4.69, 9.17) is 18.9 Å². The highest BCUT2D eigenvalue weighted by atomic mass is 16.7. The molecule has 19 atom stereocenters. The molecule has 2 aliphatic heterocycles. The highest BCUT2D eigenvalue weighted by molar-refractivity contribution is 5.31. The van der Waals surface area contributed by atoms with Gasteiger partial charge in [-0.25, -0.2) is 0 Å². The molecule has 0 bridgehead atoms. The number of hydrogen-bond acceptors (Lipinski definition) is 13. The Morgan fingerprint density at radius 1 is 0.755 bits per heavy atom. The number of rotatable bonds is 10. The number of aliphatic hydroxyl groups excluding tert-OH is 8. The molecule has 7 aliphatic rings. The molecular formula is C40H68O13. The molecule has 7 fully saturated rings. The molecule has 0 unspecified atom stereocenters. The fourth-order valence-electron chi connectivity index (χ4n) is 14.0. The number of hydrogen-bond donors (Lipinski definition) is 9. The van der Waals surface area contributed by atoms with E-state index < -0.39 is 72.4 Å². The van der Waals surface area contributed by atoms with Crippen LogP contribution in [0.25, 0.3) is 0 Å². The van der Waals surface area contributed by atoms with Crippen molar-refractivity contribution in [1.82, 2.24) is 0 Å². The molecule has 13 heteroatoms. The molecule has 0 aromatic heterocycles. The van der Waals surface area contributed by atoms with Gasteiger partial charge in [0.15, 0.2) is 12.6 Å². The average Bonchev–Trinajstić information content (AvgIpc) is 3.69. The van der Waals surface area contributed by atoms with Crippen molar-refractivity contribution in [3.8, 4) is 0 Å². The smallest absolute Gasteiger partial charge is 0.186 e. The van der Waals surface area contributed by atoms with E-state index >= 15 is 0 Å². The first-order chi connectivity index (χ1) is 24.7. The van der Waals surface area contributed by atoms with Gasteiger partial charge in [-0.2, -0.15) is 0 Å². The van der Waals surface area contributed by atoms with Gasteiger partial charge in [-0.05, 0) is 123 Å². The van der Waals surface area contributed by atoms with Crippen LogP contribution in [0, 0.1) is 50.7 Å². The summed E-state index contributed by atoms with van der Waals surface area (Å²) in [5.41, 5.74) is -1.99. The van der Waals surface area contributed by atoms with Gasteiger partial charge >= 0.3 is 0 Å². The van der Waals surface area contributed by atoms with Gasteiger partial charge in [0.1, 0.15) is 36.6 Å². The van der Waals surface area contributed by atoms with E-state index in [1.165, 1.54) is 0 Å². The van der Waals surface area contributed by atoms with Gasteiger partial charge < -0.3 is 64.9 Å². The number of aliphatic hydroxyl groups is 9. The van der Waals surface area contributed by atoms with Gasteiger partial charge in [0, 0.05) is 12.0 Å². The Morgan fingerprint density at radius 2 is 1.38 bits per heavy atom. The molecule has 0 aromatic rings. The normalized spacial score (nSPS) is 53.2. The summed E-state index contributed by atoms with van der Waals surface area (Å²) in [5.74, 6) is 0.712. The van der Waals surface area contributed by atoms with E-state index in [1.807, 2.05) is 0 Å². The predicted molar refractivity (Wildman–Crippen MR) is 190 cm³/mol. The van der Waals surface area contributed by atoms with Crippen LogP contribution in [0.3, 0.4) is 0 Å². The summed E-state index contributed by atoms with van der Waals surface area (Å²) in [6, 6.07) is 0. The fourth-order valence-corrected chi connectivity index (χ4v) is 14.0. The molecular weight excluding hydrogens is 688 g/mol. The van der Waals surface area contributed by atoms with E-state index in [0.29, 0.717) is 25.2 Å². The van der Waals surface area contributed by atoms with Crippen molar-refractivity contribution in [3.05, 3.63) is 0 Å². The van der Waals surface area contributed by atoms with Crippen molar-refractivity contribution in [1.29, 1.82) is 0 Å². The van der Waals surface area contributed by atoms with E-state index in [9.17, 15) is 46.0 Å².